The van der Waals surface area contributed by atoms with E-state index in [0.29, 0.717) is 6.04 Å². The third-order valence-corrected chi connectivity index (χ3v) is 8.65. The van der Waals surface area contributed by atoms with E-state index in [1.54, 1.807) is 0 Å². The van der Waals surface area contributed by atoms with Crippen molar-refractivity contribution in [1.82, 2.24) is 9.55 Å². The molecule has 0 fully saturated rings. The zero-order valence-electron chi connectivity index (χ0n) is 26.0. The van der Waals surface area contributed by atoms with E-state index in [2.05, 4.69) is 167 Å². The standard InChI is InChI=1S/C40H33N5.Pt/c1-28(2)42-27-43(38-19-10-9-18-37(38)42)31-14-11-15-32(25-31)44(30-12-5-4-6-13-30)33-20-21-35-34-16-7-8-17-36(34)45(39(35)26-33)40-24-29(3)22-23-41-40;/h4-24,28H,27H2,1-3H3;/q-2;+2. The SMILES string of the molecule is Cc1ccnc(-n2c3[c-]c(N(c4[c-]c(N5CN(C(C)C)c6ccccc65)ccc4)c4ccccc4)ccc3c3ccccc32)c1.[Pt+2]. The first-order valence-electron chi connectivity index (χ1n) is 15.5. The molecule has 6 heteroatoms. The molecule has 0 spiro atoms. The molecule has 2 aromatic heterocycles. The van der Waals surface area contributed by atoms with Gasteiger partial charge in [0.2, 0.25) is 0 Å². The Morgan fingerprint density at radius 1 is 0.717 bits per heavy atom. The number of rotatable bonds is 6. The average molecular weight is 779 g/mol. The summed E-state index contributed by atoms with van der Waals surface area (Å²) in [4.78, 5) is 11.8. The Hall–Kier alpha value is -4.86. The molecule has 0 unspecified atom stereocenters. The van der Waals surface area contributed by atoms with Crippen LogP contribution >= 0.6 is 0 Å². The van der Waals surface area contributed by atoms with Gasteiger partial charge in [-0.3, -0.25) is 0 Å². The van der Waals surface area contributed by atoms with Crippen LogP contribution in [0.3, 0.4) is 0 Å². The van der Waals surface area contributed by atoms with E-state index in [1.807, 2.05) is 12.3 Å². The third kappa shape index (κ3) is 5.05. The summed E-state index contributed by atoms with van der Waals surface area (Å²) >= 11 is 0. The first-order valence-corrected chi connectivity index (χ1v) is 15.5. The molecule has 0 saturated carbocycles. The van der Waals surface area contributed by atoms with Crippen molar-refractivity contribution in [1.29, 1.82) is 0 Å². The molecule has 0 atom stereocenters. The summed E-state index contributed by atoms with van der Waals surface area (Å²) in [7, 11) is 0. The Labute approximate surface area is 284 Å². The van der Waals surface area contributed by atoms with Crippen LogP contribution in [0.1, 0.15) is 19.4 Å². The molecule has 0 N–H and O–H groups in total. The Balaban J connectivity index is 0.00000338. The van der Waals surface area contributed by atoms with Gasteiger partial charge in [0.15, 0.2) is 0 Å². The predicted octanol–water partition coefficient (Wildman–Crippen LogP) is 9.88. The Kier molecular flexibility index (Phi) is 7.88. The number of anilines is 6. The van der Waals surface area contributed by atoms with Crippen molar-refractivity contribution in [3.63, 3.8) is 0 Å². The van der Waals surface area contributed by atoms with Crippen LogP contribution in [0.5, 0.6) is 0 Å². The molecule has 228 valence electrons. The van der Waals surface area contributed by atoms with Gasteiger partial charge in [0.05, 0.1) is 18.0 Å². The second-order valence-corrected chi connectivity index (χ2v) is 11.9. The van der Waals surface area contributed by atoms with E-state index >= 15 is 0 Å². The number of hydrogen-bond acceptors (Lipinski definition) is 4. The fourth-order valence-electron chi connectivity index (χ4n) is 6.50. The van der Waals surface area contributed by atoms with Crippen molar-refractivity contribution in [2.45, 2.75) is 26.8 Å². The van der Waals surface area contributed by atoms with Crippen molar-refractivity contribution < 1.29 is 21.1 Å². The molecule has 3 heterocycles. The summed E-state index contributed by atoms with van der Waals surface area (Å²) < 4.78 is 2.23. The summed E-state index contributed by atoms with van der Waals surface area (Å²) in [6.45, 7) is 7.38. The monoisotopic (exact) mass is 778 g/mol. The van der Waals surface area contributed by atoms with Crippen LogP contribution < -0.4 is 14.7 Å². The quantitative estimate of drug-likeness (QED) is 0.157. The van der Waals surface area contributed by atoms with Crippen molar-refractivity contribution in [2.24, 2.45) is 0 Å². The minimum absolute atomic E-state index is 0. The normalized spacial score (nSPS) is 12.5. The largest absolute Gasteiger partial charge is 2.00 e. The Morgan fingerprint density at radius 2 is 1.46 bits per heavy atom. The summed E-state index contributed by atoms with van der Waals surface area (Å²) in [5.41, 5.74) is 9.68. The van der Waals surface area contributed by atoms with Gasteiger partial charge in [-0.15, -0.1) is 35.7 Å². The number of fused-ring (bicyclic) bond motifs is 4. The molecule has 0 aliphatic carbocycles. The van der Waals surface area contributed by atoms with Crippen molar-refractivity contribution in [2.75, 3.05) is 21.4 Å². The second kappa shape index (κ2) is 12.1. The van der Waals surface area contributed by atoms with E-state index in [4.69, 9.17) is 4.98 Å². The number of pyridine rings is 1. The van der Waals surface area contributed by atoms with E-state index in [9.17, 15) is 0 Å². The predicted molar refractivity (Wildman–Crippen MR) is 187 cm³/mol. The molecule has 0 bridgehead atoms. The number of para-hydroxylation sites is 4. The van der Waals surface area contributed by atoms with Crippen molar-refractivity contribution in [3.05, 3.63) is 145 Å². The molecule has 1 aliphatic rings. The van der Waals surface area contributed by atoms with Gasteiger partial charge in [-0.2, -0.15) is 12.1 Å². The van der Waals surface area contributed by atoms with Crippen molar-refractivity contribution >= 4 is 55.9 Å². The number of nitrogens with zero attached hydrogens (tertiary/aromatic N) is 5. The zero-order valence-corrected chi connectivity index (χ0v) is 28.2. The van der Waals surface area contributed by atoms with Crippen LogP contribution in [-0.2, 0) is 21.1 Å². The van der Waals surface area contributed by atoms with Crippen LogP contribution in [0.2, 0.25) is 0 Å². The van der Waals surface area contributed by atoms with Gasteiger partial charge >= 0.3 is 21.1 Å². The van der Waals surface area contributed by atoms with Crippen LogP contribution in [0, 0.1) is 19.1 Å². The number of hydrogen-bond donors (Lipinski definition) is 0. The summed E-state index contributed by atoms with van der Waals surface area (Å²) in [6.07, 6.45) is 1.88. The van der Waals surface area contributed by atoms with Gasteiger partial charge in [-0.25, -0.2) is 4.98 Å². The maximum atomic E-state index is 4.78. The molecule has 5 nitrogen and oxygen atoms in total. The van der Waals surface area contributed by atoms with Crippen molar-refractivity contribution in [3.8, 4) is 5.82 Å². The minimum Gasteiger partial charge on any atom is -0.358 e. The van der Waals surface area contributed by atoms with Crippen LogP contribution in [0.15, 0.2) is 128 Å². The van der Waals surface area contributed by atoms with Gasteiger partial charge in [-0.1, -0.05) is 71.1 Å². The summed E-state index contributed by atoms with van der Waals surface area (Å²) in [5, 5.41) is 2.33. The molecule has 0 saturated heterocycles. The smallest absolute Gasteiger partial charge is 0.358 e. The second-order valence-electron chi connectivity index (χ2n) is 11.9. The fourth-order valence-corrected chi connectivity index (χ4v) is 6.50. The molecule has 8 rings (SSSR count). The third-order valence-electron chi connectivity index (χ3n) is 8.65. The molecule has 7 aromatic rings. The van der Waals surface area contributed by atoms with Gasteiger partial charge in [0.1, 0.15) is 5.82 Å². The van der Waals surface area contributed by atoms with E-state index in [-0.39, 0.29) is 21.1 Å². The van der Waals surface area contributed by atoms with Crippen LogP contribution in [0.4, 0.5) is 34.1 Å². The van der Waals surface area contributed by atoms with E-state index in [1.165, 1.54) is 22.3 Å². The van der Waals surface area contributed by atoms with Gasteiger partial charge in [0, 0.05) is 23.4 Å². The van der Waals surface area contributed by atoms with Gasteiger partial charge < -0.3 is 19.3 Å². The molecular formula is C40H33N5Pt. The maximum Gasteiger partial charge on any atom is 2.00 e. The summed E-state index contributed by atoms with van der Waals surface area (Å²) in [6, 6.07) is 50.6. The fraction of sp³-hybridized carbons (Fsp3) is 0.125. The number of aromatic nitrogens is 2. The van der Waals surface area contributed by atoms with Crippen LogP contribution in [-0.4, -0.2) is 22.3 Å². The molecule has 0 radical (unpaired) electrons. The minimum atomic E-state index is 0. The Bertz CT molecular complexity index is 2170. The van der Waals surface area contributed by atoms with Crippen LogP contribution in [0.25, 0.3) is 27.6 Å². The average Bonchev–Trinajstić information content (AvgIpc) is 3.62. The van der Waals surface area contributed by atoms with E-state index < -0.39 is 0 Å². The zero-order chi connectivity index (χ0) is 30.5. The summed E-state index contributed by atoms with van der Waals surface area (Å²) in [5.74, 6) is 0.886. The maximum absolute atomic E-state index is 4.78. The van der Waals surface area contributed by atoms with E-state index in [0.717, 1.165) is 51.7 Å². The molecular weight excluding hydrogens is 746 g/mol. The first-order chi connectivity index (χ1) is 22.1. The van der Waals surface area contributed by atoms with Gasteiger partial charge in [-0.05, 0) is 74.2 Å². The number of aryl methyl sites for hydroxylation is 1. The molecule has 0 amide bonds. The van der Waals surface area contributed by atoms with Gasteiger partial charge in [0.25, 0.3) is 0 Å². The molecule has 46 heavy (non-hydrogen) atoms. The molecule has 5 aromatic carbocycles. The molecule has 1 aliphatic heterocycles. The number of benzene rings is 5. The Morgan fingerprint density at radius 3 is 2.26 bits per heavy atom. The first kappa shape index (κ1) is 29.8. The topological polar surface area (TPSA) is 27.5 Å².